The molecule has 0 aromatic carbocycles. The molecule has 21 heavy (non-hydrogen) atoms. The topological polar surface area (TPSA) is 88.9 Å². The zero-order valence-electron chi connectivity index (χ0n) is 12.0. The van der Waals surface area contributed by atoms with Crippen molar-refractivity contribution in [2.75, 3.05) is 11.9 Å². The first-order valence-electron chi connectivity index (χ1n) is 6.70. The predicted molar refractivity (Wildman–Crippen MR) is 80.4 cm³/mol. The Hall–Kier alpha value is -1.93. The lowest BCUT2D eigenvalue weighted by atomic mass is 10.4. The van der Waals surface area contributed by atoms with Crippen molar-refractivity contribution in [3.63, 3.8) is 0 Å². The van der Waals surface area contributed by atoms with Gasteiger partial charge in [0.2, 0.25) is 10.0 Å². The van der Waals surface area contributed by atoms with Gasteiger partial charge in [0.05, 0.1) is 12.2 Å². The molecule has 0 saturated carbocycles. The summed E-state index contributed by atoms with van der Waals surface area (Å²) in [5.41, 5.74) is 0.547. The summed E-state index contributed by atoms with van der Waals surface area (Å²) < 4.78 is 29.2. The second kappa shape index (κ2) is 6.68. The van der Waals surface area contributed by atoms with E-state index in [1.807, 2.05) is 6.92 Å². The van der Waals surface area contributed by atoms with Gasteiger partial charge in [-0.25, -0.2) is 13.1 Å². The van der Waals surface area contributed by atoms with E-state index in [0.717, 1.165) is 0 Å². The van der Waals surface area contributed by atoms with Gasteiger partial charge in [-0.05, 0) is 26.0 Å². The third-order valence-electron chi connectivity index (χ3n) is 2.82. The molecule has 114 valence electrons. The van der Waals surface area contributed by atoms with Crippen LogP contribution >= 0.6 is 0 Å². The molecule has 0 radical (unpaired) electrons. The van der Waals surface area contributed by atoms with Crippen LogP contribution in [0.5, 0.6) is 0 Å². The third-order valence-corrected chi connectivity index (χ3v) is 4.43. The third kappa shape index (κ3) is 4.02. The Kier molecular flexibility index (Phi) is 4.92. The standard InChI is InChI=1S/C13H19N5O2S/c1-3-15-12-5-7-14-9-13(12)21(19,20)17-11(2)10-18-8-4-6-16-18/h4-9,11,17H,3,10H2,1-2H3,(H,14,15). The molecule has 0 aliphatic rings. The first kappa shape index (κ1) is 15.5. The second-order valence-corrected chi connectivity index (χ2v) is 6.34. The summed E-state index contributed by atoms with van der Waals surface area (Å²) in [6.45, 7) is 4.80. The van der Waals surface area contributed by atoms with Gasteiger partial charge in [-0.3, -0.25) is 9.67 Å². The highest BCUT2D eigenvalue weighted by molar-refractivity contribution is 7.89. The Morgan fingerprint density at radius 2 is 2.19 bits per heavy atom. The number of anilines is 1. The lowest BCUT2D eigenvalue weighted by Crippen LogP contribution is -2.36. The van der Waals surface area contributed by atoms with Gasteiger partial charge in [-0.1, -0.05) is 0 Å². The Labute approximate surface area is 124 Å². The van der Waals surface area contributed by atoms with Crippen molar-refractivity contribution < 1.29 is 8.42 Å². The SMILES string of the molecule is CCNc1ccncc1S(=O)(=O)NC(C)Cn1cccn1. The first-order chi connectivity index (χ1) is 10.0. The predicted octanol–water partition coefficient (Wildman–Crippen LogP) is 1.08. The van der Waals surface area contributed by atoms with E-state index in [1.165, 1.54) is 6.20 Å². The molecule has 2 aromatic heterocycles. The van der Waals surface area contributed by atoms with Crippen LogP contribution in [0, 0.1) is 0 Å². The van der Waals surface area contributed by atoms with E-state index >= 15 is 0 Å². The van der Waals surface area contributed by atoms with Crippen molar-refractivity contribution in [2.45, 2.75) is 31.3 Å². The Balaban J connectivity index is 2.14. The van der Waals surface area contributed by atoms with Gasteiger partial charge in [-0.2, -0.15) is 5.10 Å². The molecule has 1 atom stereocenters. The van der Waals surface area contributed by atoms with E-state index in [2.05, 4.69) is 20.1 Å². The quantitative estimate of drug-likeness (QED) is 0.799. The molecular weight excluding hydrogens is 290 g/mol. The highest BCUT2D eigenvalue weighted by Gasteiger charge is 2.21. The van der Waals surface area contributed by atoms with Crippen LogP contribution in [0.2, 0.25) is 0 Å². The van der Waals surface area contributed by atoms with Gasteiger partial charge in [0.25, 0.3) is 0 Å². The summed E-state index contributed by atoms with van der Waals surface area (Å²) in [5, 5.41) is 7.09. The number of hydrogen-bond donors (Lipinski definition) is 2. The minimum absolute atomic E-state index is 0.152. The number of nitrogens with one attached hydrogen (secondary N) is 2. The van der Waals surface area contributed by atoms with Crippen molar-refractivity contribution in [3.8, 4) is 0 Å². The molecule has 1 unspecified atom stereocenters. The highest BCUT2D eigenvalue weighted by atomic mass is 32.2. The van der Waals surface area contributed by atoms with Gasteiger partial charge >= 0.3 is 0 Å². The molecule has 0 saturated heterocycles. The lowest BCUT2D eigenvalue weighted by Gasteiger charge is -2.16. The summed E-state index contributed by atoms with van der Waals surface area (Å²) in [5.74, 6) is 0. The molecule has 0 spiro atoms. The maximum atomic E-state index is 12.4. The minimum atomic E-state index is -3.63. The maximum absolute atomic E-state index is 12.4. The summed E-state index contributed by atoms with van der Waals surface area (Å²) in [7, 11) is -3.63. The van der Waals surface area contributed by atoms with Gasteiger partial charge in [0.15, 0.2) is 0 Å². The van der Waals surface area contributed by atoms with Crippen molar-refractivity contribution in [1.29, 1.82) is 0 Å². The molecule has 0 aliphatic heterocycles. The molecule has 7 nitrogen and oxygen atoms in total. The van der Waals surface area contributed by atoms with Gasteiger partial charge in [0.1, 0.15) is 4.90 Å². The monoisotopic (exact) mass is 309 g/mol. The maximum Gasteiger partial charge on any atom is 0.244 e. The number of aromatic nitrogens is 3. The van der Waals surface area contributed by atoms with Crippen LogP contribution in [0.3, 0.4) is 0 Å². The number of nitrogens with zero attached hydrogens (tertiary/aromatic N) is 3. The van der Waals surface area contributed by atoms with E-state index < -0.39 is 10.0 Å². The first-order valence-corrected chi connectivity index (χ1v) is 8.19. The smallest absolute Gasteiger partial charge is 0.244 e. The average Bonchev–Trinajstić information content (AvgIpc) is 2.91. The fraction of sp³-hybridized carbons (Fsp3) is 0.385. The molecular formula is C13H19N5O2S. The van der Waals surface area contributed by atoms with Gasteiger partial charge in [-0.15, -0.1) is 0 Å². The van der Waals surface area contributed by atoms with Crippen LogP contribution in [0.15, 0.2) is 41.8 Å². The van der Waals surface area contributed by atoms with Gasteiger partial charge < -0.3 is 5.32 Å². The largest absolute Gasteiger partial charge is 0.384 e. The lowest BCUT2D eigenvalue weighted by molar-refractivity contribution is 0.494. The number of sulfonamides is 1. The average molecular weight is 309 g/mol. The van der Waals surface area contributed by atoms with Crippen LogP contribution in [-0.2, 0) is 16.6 Å². The molecule has 0 amide bonds. The molecule has 2 aromatic rings. The minimum Gasteiger partial charge on any atom is -0.384 e. The van der Waals surface area contributed by atoms with E-state index in [-0.39, 0.29) is 10.9 Å². The number of rotatable bonds is 7. The summed E-state index contributed by atoms with van der Waals surface area (Å²) in [6, 6.07) is 3.16. The van der Waals surface area contributed by atoms with Crippen LogP contribution in [0.4, 0.5) is 5.69 Å². The van der Waals surface area contributed by atoms with E-state index in [9.17, 15) is 8.42 Å². The van der Waals surface area contributed by atoms with Crippen molar-refractivity contribution in [3.05, 3.63) is 36.9 Å². The van der Waals surface area contributed by atoms with Gasteiger partial charge in [0, 0.05) is 37.4 Å². The second-order valence-electron chi connectivity index (χ2n) is 4.65. The van der Waals surface area contributed by atoms with E-state index in [0.29, 0.717) is 18.8 Å². The van der Waals surface area contributed by atoms with E-state index in [4.69, 9.17) is 0 Å². The zero-order valence-corrected chi connectivity index (χ0v) is 12.8. The summed E-state index contributed by atoms with van der Waals surface area (Å²) in [6.07, 6.45) is 6.36. The highest BCUT2D eigenvalue weighted by Crippen LogP contribution is 2.19. The Bertz CT molecular complexity index is 670. The number of hydrogen-bond acceptors (Lipinski definition) is 5. The van der Waals surface area contributed by atoms with Crippen LogP contribution in [0.1, 0.15) is 13.8 Å². The summed E-state index contributed by atoms with van der Waals surface area (Å²) >= 11 is 0. The molecule has 0 fully saturated rings. The molecule has 2 N–H and O–H groups in total. The van der Waals surface area contributed by atoms with E-state index in [1.54, 1.807) is 42.3 Å². The fourth-order valence-corrected chi connectivity index (χ4v) is 3.35. The molecule has 0 aliphatic carbocycles. The molecule has 8 heteroatoms. The zero-order chi connectivity index (χ0) is 15.3. The van der Waals surface area contributed by atoms with Crippen LogP contribution in [-0.4, -0.2) is 35.8 Å². The number of pyridine rings is 1. The van der Waals surface area contributed by atoms with Crippen molar-refractivity contribution in [1.82, 2.24) is 19.5 Å². The Morgan fingerprint density at radius 1 is 1.38 bits per heavy atom. The van der Waals surface area contributed by atoms with Crippen molar-refractivity contribution in [2.24, 2.45) is 0 Å². The molecule has 2 rings (SSSR count). The Morgan fingerprint density at radius 3 is 2.86 bits per heavy atom. The van der Waals surface area contributed by atoms with Crippen molar-refractivity contribution >= 4 is 15.7 Å². The molecule has 0 bridgehead atoms. The normalized spacial score (nSPS) is 13.0. The van der Waals surface area contributed by atoms with Crippen LogP contribution < -0.4 is 10.0 Å². The fourth-order valence-electron chi connectivity index (χ4n) is 1.99. The summed E-state index contributed by atoms with van der Waals surface area (Å²) in [4.78, 5) is 4.05. The molecule has 2 heterocycles. The van der Waals surface area contributed by atoms with Crippen LogP contribution in [0.25, 0.3) is 0 Å².